The molecule has 4 nitrogen and oxygen atoms in total. The lowest BCUT2D eigenvalue weighted by Gasteiger charge is -2.08. The Hall–Kier alpha value is -2.01. The van der Waals surface area contributed by atoms with Gasteiger partial charge in [0.25, 0.3) is 0 Å². The van der Waals surface area contributed by atoms with E-state index < -0.39 is 0 Å². The fourth-order valence-corrected chi connectivity index (χ4v) is 2.43. The van der Waals surface area contributed by atoms with Crippen LogP contribution in [0.2, 0.25) is 0 Å². The number of rotatable bonds is 6. The molecule has 21 heavy (non-hydrogen) atoms. The predicted octanol–water partition coefficient (Wildman–Crippen LogP) is 2.94. The van der Waals surface area contributed by atoms with Gasteiger partial charge in [-0.25, -0.2) is 4.79 Å². The molecule has 0 spiro atoms. The lowest BCUT2D eigenvalue weighted by atomic mass is 10.1. The van der Waals surface area contributed by atoms with Crippen molar-refractivity contribution >= 4 is 17.8 Å². The van der Waals surface area contributed by atoms with Crippen LogP contribution in [0.25, 0.3) is 0 Å². The van der Waals surface area contributed by atoms with Crippen molar-refractivity contribution < 1.29 is 4.79 Å². The van der Waals surface area contributed by atoms with Crippen molar-refractivity contribution in [2.24, 2.45) is 0 Å². The molecule has 1 aromatic carbocycles. The summed E-state index contributed by atoms with van der Waals surface area (Å²) in [5.74, 6) is 0.986. The summed E-state index contributed by atoms with van der Waals surface area (Å²) in [4.78, 5) is 15.9. The summed E-state index contributed by atoms with van der Waals surface area (Å²) in [5.41, 5.74) is 3.22. The third-order valence-corrected chi connectivity index (χ3v) is 3.53. The van der Waals surface area contributed by atoms with Crippen molar-refractivity contribution in [2.75, 3.05) is 6.26 Å². The molecule has 2 amide bonds. The van der Waals surface area contributed by atoms with E-state index in [-0.39, 0.29) is 6.03 Å². The zero-order valence-corrected chi connectivity index (χ0v) is 12.8. The first-order chi connectivity index (χ1) is 10.3. The van der Waals surface area contributed by atoms with Crippen molar-refractivity contribution in [3.63, 3.8) is 0 Å². The van der Waals surface area contributed by atoms with E-state index in [1.54, 1.807) is 18.0 Å². The van der Waals surface area contributed by atoms with Gasteiger partial charge in [0.1, 0.15) is 0 Å². The number of hydrogen-bond acceptors (Lipinski definition) is 3. The number of amides is 2. The first kappa shape index (κ1) is 15.4. The van der Waals surface area contributed by atoms with Gasteiger partial charge in [-0.15, -0.1) is 0 Å². The maximum Gasteiger partial charge on any atom is 0.315 e. The average molecular weight is 301 g/mol. The third-order valence-electron chi connectivity index (χ3n) is 2.91. The van der Waals surface area contributed by atoms with Crippen LogP contribution < -0.4 is 10.6 Å². The molecular formula is C16H19N3OS. The van der Waals surface area contributed by atoms with Crippen LogP contribution in [-0.4, -0.2) is 17.3 Å². The molecule has 0 aliphatic rings. The Bertz CT molecular complexity index is 575. The van der Waals surface area contributed by atoms with E-state index in [0.717, 1.165) is 17.0 Å². The normalized spacial score (nSPS) is 10.1. The van der Waals surface area contributed by atoms with Gasteiger partial charge in [0.2, 0.25) is 0 Å². The van der Waals surface area contributed by atoms with Crippen LogP contribution in [0.3, 0.4) is 0 Å². The monoisotopic (exact) mass is 301 g/mol. The van der Waals surface area contributed by atoms with E-state index in [1.807, 2.05) is 30.3 Å². The zero-order chi connectivity index (χ0) is 14.9. The lowest BCUT2D eigenvalue weighted by Crippen LogP contribution is -2.34. The number of aromatic nitrogens is 1. The van der Waals surface area contributed by atoms with Crippen LogP contribution in [0.4, 0.5) is 4.79 Å². The van der Waals surface area contributed by atoms with Crippen molar-refractivity contribution in [3.05, 3.63) is 65.5 Å². The van der Waals surface area contributed by atoms with E-state index in [9.17, 15) is 4.79 Å². The predicted molar refractivity (Wildman–Crippen MR) is 87.0 cm³/mol. The molecule has 0 atom stereocenters. The highest BCUT2D eigenvalue weighted by Gasteiger charge is 2.02. The van der Waals surface area contributed by atoms with E-state index in [0.29, 0.717) is 13.1 Å². The van der Waals surface area contributed by atoms with Gasteiger partial charge in [0, 0.05) is 18.5 Å². The Kier molecular flexibility index (Phi) is 6.09. The Balaban J connectivity index is 1.77. The fraction of sp³-hybridized carbons (Fsp3) is 0.250. The lowest BCUT2D eigenvalue weighted by molar-refractivity contribution is 0.240. The van der Waals surface area contributed by atoms with Crippen molar-refractivity contribution in [1.82, 2.24) is 15.6 Å². The fourth-order valence-electron chi connectivity index (χ4n) is 1.91. The average Bonchev–Trinajstić information content (AvgIpc) is 2.53. The molecule has 0 unspecified atom stereocenters. The number of carbonyl (C=O) groups excluding carboxylic acids is 1. The van der Waals surface area contributed by atoms with E-state index in [4.69, 9.17) is 0 Å². The minimum atomic E-state index is -0.184. The van der Waals surface area contributed by atoms with Crippen LogP contribution in [0.5, 0.6) is 0 Å². The van der Waals surface area contributed by atoms with Crippen molar-refractivity contribution in [2.45, 2.75) is 18.8 Å². The first-order valence-corrected chi connectivity index (χ1v) is 8.15. The summed E-state index contributed by atoms with van der Waals surface area (Å²) in [6, 6.07) is 13.7. The maximum atomic E-state index is 11.7. The van der Waals surface area contributed by atoms with Crippen molar-refractivity contribution in [3.8, 4) is 0 Å². The van der Waals surface area contributed by atoms with Gasteiger partial charge in [-0.1, -0.05) is 30.3 Å². The second-order valence-electron chi connectivity index (χ2n) is 4.61. The first-order valence-electron chi connectivity index (χ1n) is 6.76. The van der Waals surface area contributed by atoms with Gasteiger partial charge < -0.3 is 10.6 Å². The molecule has 0 fully saturated rings. The van der Waals surface area contributed by atoms with Gasteiger partial charge in [-0.3, -0.25) is 4.98 Å². The number of carbonyl (C=O) groups is 1. The molecule has 5 heteroatoms. The summed E-state index contributed by atoms with van der Waals surface area (Å²) >= 11 is 1.79. The molecule has 0 radical (unpaired) electrons. The van der Waals surface area contributed by atoms with Crippen LogP contribution >= 0.6 is 11.8 Å². The minimum Gasteiger partial charge on any atom is -0.334 e. The van der Waals surface area contributed by atoms with Gasteiger partial charge >= 0.3 is 6.03 Å². The molecule has 0 aliphatic carbocycles. The Morgan fingerprint density at radius 3 is 2.67 bits per heavy atom. The highest BCUT2D eigenvalue weighted by Crippen LogP contribution is 2.11. The quantitative estimate of drug-likeness (QED) is 0.862. The summed E-state index contributed by atoms with van der Waals surface area (Å²) in [5, 5.41) is 5.65. The number of urea groups is 1. The SMILES string of the molecule is CSCc1cccc(CNC(=O)NCc2ccccn2)c1. The summed E-state index contributed by atoms with van der Waals surface area (Å²) in [6.07, 6.45) is 3.79. The van der Waals surface area contributed by atoms with Crippen LogP contribution in [-0.2, 0) is 18.8 Å². The summed E-state index contributed by atoms with van der Waals surface area (Å²) < 4.78 is 0. The number of thioether (sulfide) groups is 1. The van der Waals surface area contributed by atoms with Crippen LogP contribution in [0, 0.1) is 0 Å². The standard InChI is InChI=1S/C16H19N3OS/c1-21-12-14-6-4-5-13(9-14)10-18-16(20)19-11-15-7-2-3-8-17-15/h2-9H,10-12H2,1H3,(H2,18,19,20). The molecule has 0 aliphatic heterocycles. The second-order valence-corrected chi connectivity index (χ2v) is 5.48. The number of pyridine rings is 1. The van der Waals surface area contributed by atoms with E-state index >= 15 is 0 Å². The molecule has 1 heterocycles. The number of nitrogens with zero attached hydrogens (tertiary/aromatic N) is 1. The van der Waals surface area contributed by atoms with Gasteiger partial charge in [-0.05, 0) is 29.5 Å². The molecule has 2 N–H and O–H groups in total. The molecular weight excluding hydrogens is 282 g/mol. The van der Waals surface area contributed by atoms with Crippen LogP contribution in [0.15, 0.2) is 48.7 Å². The summed E-state index contributed by atoms with van der Waals surface area (Å²) in [6.45, 7) is 0.954. The smallest absolute Gasteiger partial charge is 0.315 e. The molecule has 1 aromatic heterocycles. The summed E-state index contributed by atoms with van der Waals surface area (Å²) in [7, 11) is 0. The zero-order valence-electron chi connectivity index (χ0n) is 12.0. The van der Waals surface area contributed by atoms with E-state index in [2.05, 4.69) is 34.0 Å². The van der Waals surface area contributed by atoms with Gasteiger partial charge in [0.05, 0.1) is 12.2 Å². The van der Waals surface area contributed by atoms with Gasteiger partial charge in [0.15, 0.2) is 0 Å². The molecule has 2 rings (SSSR count). The Labute approximate surface area is 129 Å². The highest BCUT2D eigenvalue weighted by atomic mass is 32.2. The highest BCUT2D eigenvalue weighted by molar-refractivity contribution is 7.97. The topological polar surface area (TPSA) is 54.0 Å². The van der Waals surface area contributed by atoms with Gasteiger partial charge in [-0.2, -0.15) is 11.8 Å². The molecule has 0 saturated heterocycles. The maximum absolute atomic E-state index is 11.7. The third kappa shape index (κ3) is 5.47. The van der Waals surface area contributed by atoms with Crippen LogP contribution in [0.1, 0.15) is 16.8 Å². The molecule has 110 valence electrons. The molecule has 2 aromatic rings. The van der Waals surface area contributed by atoms with E-state index in [1.165, 1.54) is 5.56 Å². The second kappa shape index (κ2) is 8.32. The number of benzene rings is 1. The minimum absolute atomic E-state index is 0.184. The number of hydrogen-bond donors (Lipinski definition) is 2. The Morgan fingerprint density at radius 1 is 1.10 bits per heavy atom. The molecule has 0 bridgehead atoms. The Morgan fingerprint density at radius 2 is 1.90 bits per heavy atom. The van der Waals surface area contributed by atoms with Crippen molar-refractivity contribution in [1.29, 1.82) is 0 Å². The number of nitrogens with one attached hydrogen (secondary N) is 2. The molecule has 0 saturated carbocycles. The largest absolute Gasteiger partial charge is 0.334 e.